The molecule has 0 heterocycles. The minimum absolute atomic E-state index is 0.0864. The minimum atomic E-state index is -4.05. The molecular weight excluding hydrogens is 486 g/mol. The number of rotatable bonds is 12. The van der Waals surface area contributed by atoms with E-state index in [2.05, 4.69) is 5.32 Å². The van der Waals surface area contributed by atoms with Gasteiger partial charge in [-0.3, -0.25) is 13.9 Å². The fourth-order valence-corrected chi connectivity index (χ4v) is 5.29. The SMILES string of the molecule is CCCCNC(=O)[C@H](C)N(Cc1ccccc1)C(=O)CN(c1ccc(C)cc1)S(=O)(=O)c1ccccc1. The van der Waals surface area contributed by atoms with Gasteiger partial charge in [-0.25, -0.2) is 8.42 Å². The number of hydrogen-bond acceptors (Lipinski definition) is 4. The number of benzene rings is 3. The lowest BCUT2D eigenvalue weighted by Gasteiger charge is -2.32. The standard InChI is InChI=1S/C29H35N3O4S/c1-4-5-20-30-29(34)24(3)31(21-25-12-8-6-9-13-25)28(33)22-32(26-18-16-23(2)17-19-26)37(35,36)27-14-10-7-11-15-27/h6-19,24H,4-5,20-22H2,1-3H3,(H,30,34)/t24-/m0/s1. The number of carbonyl (C=O) groups is 2. The predicted molar refractivity (Wildman–Crippen MR) is 147 cm³/mol. The van der Waals surface area contributed by atoms with Crippen molar-refractivity contribution in [3.05, 3.63) is 96.1 Å². The van der Waals surface area contributed by atoms with Crippen LogP contribution < -0.4 is 9.62 Å². The molecule has 0 unspecified atom stereocenters. The van der Waals surface area contributed by atoms with Crippen molar-refractivity contribution in [2.24, 2.45) is 0 Å². The molecule has 3 aromatic carbocycles. The summed E-state index contributed by atoms with van der Waals surface area (Å²) in [5.74, 6) is -0.743. The average Bonchev–Trinajstić information content (AvgIpc) is 2.91. The maximum atomic E-state index is 13.8. The molecule has 3 aromatic rings. The lowest BCUT2D eigenvalue weighted by molar-refractivity contribution is -0.139. The quantitative estimate of drug-likeness (QED) is 0.355. The molecule has 2 amide bonds. The van der Waals surface area contributed by atoms with Crippen LogP contribution in [0.2, 0.25) is 0 Å². The highest BCUT2D eigenvalue weighted by Gasteiger charge is 2.32. The molecule has 8 heteroatoms. The lowest BCUT2D eigenvalue weighted by atomic mass is 10.1. The molecule has 0 saturated carbocycles. The molecule has 0 spiro atoms. The molecule has 196 valence electrons. The smallest absolute Gasteiger partial charge is 0.264 e. The van der Waals surface area contributed by atoms with E-state index in [1.54, 1.807) is 49.4 Å². The molecule has 0 radical (unpaired) electrons. The number of amides is 2. The third-order valence-corrected chi connectivity index (χ3v) is 7.91. The fourth-order valence-electron chi connectivity index (χ4n) is 3.86. The number of hydrogen-bond donors (Lipinski definition) is 1. The number of nitrogens with one attached hydrogen (secondary N) is 1. The number of carbonyl (C=O) groups excluding carboxylic acids is 2. The number of nitrogens with zero attached hydrogens (tertiary/aromatic N) is 2. The molecule has 0 saturated heterocycles. The van der Waals surface area contributed by atoms with E-state index >= 15 is 0 Å². The summed E-state index contributed by atoms with van der Waals surface area (Å²) in [5, 5.41) is 2.89. The van der Waals surface area contributed by atoms with Gasteiger partial charge < -0.3 is 10.2 Å². The number of sulfonamides is 1. The van der Waals surface area contributed by atoms with Crippen molar-refractivity contribution in [2.45, 2.75) is 51.1 Å². The van der Waals surface area contributed by atoms with Crippen LogP contribution in [-0.4, -0.2) is 44.3 Å². The van der Waals surface area contributed by atoms with Gasteiger partial charge in [0.25, 0.3) is 10.0 Å². The van der Waals surface area contributed by atoms with E-state index in [0.717, 1.165) is 28.3 Å². The zero-order valence-electron chi connectivity index (χ0n) is 21.6. The van der Waals surface area contributed by atoms with Crippen molar-refractivity contribution in [3.8, 4) is 0 Å². The summed E-state index contributed by atoms with van der Waals surface area (Å²) in [4.78, 5) is 28.2. The van der Waals surface area contributed by atoms with Crippen molar-refractivity contribution in [3.63, 3.8) is 0 Å². The summed E-state index contributed by atoms with van der Waals surface area (Å²) in [6.45, 7) is 5.86. The van der Waals surface area contributed by atoms with Crippen LogP contribution in [0.25, 0.3) is 0 Å². The number of aryl methyl sites for hydroxylation is 1. The molecule has 37 heavy (non-hydrogen) atoms. The van der Waals surface area contributed by atoms with Crippen LogP contribution in [-0.2, 0) is 26.2 Å². The van der Waals surface area contributed by atoms with Gasteiger partial charge in [-0.1, -0.05) is 79.6 Å². The van der Waals surface area contributed by atoms with Gasteiger partial charge in [0, 0.05) is 13.1 Å². The summed E-state index contributed by atoms with van der Waals surface area (Å²) in [6, 6.07) is 23.6. The second-order valence-corrected chi connectivity index (χ2v) is 10.9. The Balaban J connectivity index is 1.96. The van der Waals surface area contributed by atoms with E-state index in [4.69, 9.17) is 0 Å². The van der Waals surface area contributed by atoms with E-state index in [-0.39, 0.29) is 17.3 Å². The Hall–Kier alpha value is -3.65. The van der Waals surface area contributed by atoms with Crippen LogP contribution in [0.15, 0.2) is 89.8 Å². The summed E-state index contributed by atoms with van der Waals surface area (Å²) in [7, 11) is -4.05. The predicted octanol–water partition coefficient (Wildman–Crippen LogP) is 4.52. The second kappa shape index (κ2) is 13.1. The first-order valence-electron chi connectivity index (χ1n) is 12.5. The first-order chi connectivity index (χ1) is 17.7. The summed E-state index contributed by atoms with van der Waals surface area (Å²) in [5.41, 5.74) is 2.19. The first-order valence-corrected chi connectivity index (χ1v) is 13.9. The van der Waals surface area contributed by atoms with Crippen LogP contribution in [0, 0.1) is 6.92 Å². The Morgan fingerprint density at radius 3 is 2.08 bits per heavy atom. The zero-order valence-corrected chi connectivity index (χ0v) is 22.4. The Morgan fingerprint density at radius 1 is 0.892 bits per heavy atom. The van der Waals surface area contributed by atoms with Crippen molar-refractivity contribution in [2.75, 3.05) is 17.4 Å². The van der Waals surface area contributed by atoms with Crippen molar-refractivity contribution >= 4 is 27.5 Å². The van der Waals surface area contributed by atoms with Crippen molar-refractivity contribution in [1.29, 1.82) is 0 Å². The summed E-state index contributed by atoms with van der Waals surface area (Å²) >= 11 is 0. The van der Waals surface area contributed by atoms with Gasteiger partial charge in [-0.2, -0.15) is 0 Å². The number of anilines is 1. The number of unbranched alkanes of at least 4 members (excludes halogenated alkanes) is 1. The largest absolute Gasteiger partial charge is 0.354 e. The van der Waals surface area contributed by atoms with Gasteiger partial charge in [0.05, 0.1) is 10.6 Å². The summed E-state index contributed by atoms with van der Waals surface area (Å²) < 4.78 is 28.5. The van der Waals surface area contributed by atoms with Crippen LogP contribution in [0.5, 0.6) is 0 Å². The molecule has 7 nitrogen and oxygen atoms in total. The normalized spacial score (nSPS) is 12.0. The van der Waals surface area contributed by atoms with Crippen LogP contribution in [0.3, 0.4) is 0 Å². The molecule has 0 aromatic heterocycles. The van der Waals surface area contributed by atoms with Crippen LogP contribution in [0.1, 0.15) is 37.8 Å². The Bertz CT molecular complexity index is 1260. The average molecular weight is 522 g/mol. The second-order valence-electron chi connectivity index (χ2n) is 8.99. The zero-order chi connectivity index (χ0) is 26.8. The fraction of sp³-hybridized carbons (Fsp3) is 0.310. The first kappa shape index (κ1) is 27.9. The van der Waals surface area contributed by atoms with Gasteiger partial charge >= 0.3 is 0 Å². The molecule has 0 bridgehead atoms. The van der Waals surface area contributed by atoms with Crippen LogP contribution >= 0.6 is 0 Å². The molecule has 1 atom stereocenters. The third kappa shape index (κ3) is 7.43. The van der Waals surface area contributed by atoms with E-state index in [1.165, 1.54) is 17.0 Å². The van der Waals surface area contributed by atoms with E-state index < -0.39 is 28.5 Å². The Kier molecular flexibility index (Phi) is 9.85. The highest BCUT2D eigenvalue weighted by Crippen LogP contribution is 2.25. The highest BCUT2D eigenvalue weighted by atomic mass is 32.2. The lowest BCUT2D eigenvalue weighted by Crippen LogP contribution is -2.51. The molecule has 1 N–H and O–H groups in total. The molecule has 0 aliphatic carbocycles. The Labute approximate surface area is 220 Å². The molecule has 3 rings (SSSR count). The summed E-state index contributed by atoms with van der Waals surface area (Å²) in [6.07, 6.45) is 1.77. The van der Waals surface area contributed by atoms with Crippen molar-refractivity contribution in [1.82, 2.24) is 10.2 Å². The maximum Gasteiger partial charge on any atom is 0.264 e. The monoisotopic (exact) mass is 521 g/mol. The molecule has 0 aliphatic heterocycles. The third-order valence-electron chi connectivity index (χ3n) is 6.12. The minimum Gasteiger partial charge on any atom is -0.354 e. The molecule has 0 aliphatic rings. The molecule has 0 fully saturated rings. The highest BCUT2D eigenvalue weighted by molar-refractivity contribution is 7.92. The topological polar surface area (TPSA) is 86.8 Å². The van der Waals surface area contributed by atoms with Gasteiger partial charge in [-0.15, -0.1) is 0 Å². The van der Waals surface area contributed by atoms with Gasteiger partial charge in [0.2, 0.25) is 11.8 Å². The molecular formula is C29H35N3O4S. The van der Waals surface area contributed by atoms with Gasteiger partial charge in [-0.05, 0) is 50.1 Å². The van der Waals surface area contributed by atoms with Gasteiger partial charge in [0.15, 0.2) is 0 Å². The van der Waals surface area contributed by atoms with E-state index in [0.29, 0.717) is 12.2 Å². The van der Waals surface area contributed by atoms with Crippen LogP contribution in [0.4, 0.5) is 5.69 Å². The Morgan fingerprint density at radius 2 is 1.49 bits per heavy atom. The van der Waals surface area contributed by atoms with Gasteiger partial charge in [0.1, 0.15) is 12.6 Å². The van der Waals surface area contributed by atoms with E-state index in [1.807, 2.05) is 44.2 Å². The van der Waals surface area contributed by atoms with Crippen molar-refractivity contribution < 1.29 is 18.0 Å². The maximum absolute atomic E-state index is 13.8. The van der Waals surface area contributed by atoms with E-state index in [9.17, 15) is 18.0 Å².